The van der Waals surface area contributed by atoms with Crippen molar-refractivity contribution in [2.45, 2.75) is 56.7 Å². The van der Waals surface area contributed by atoms with E-state index >= 15 is 0 Å². The Hall–Kier alpha value is -1.64. The lowest BCUT2D eigenvalue weighted by Crippen LogP contribution is -2.46. The van der Waals surface area contributed by atoms with Crippen molar-refractivity contribution >= 4 is 0 Å². The highest BCUT2D eigenvalue weighted by molar-refractivity contribution is 5.25. The van der Waals surface area contributed by atoms with Crippen molar-refractivity contribution in [3.63, 3.8) is 0 Å². The fourth-order valence-electron chi connectivity index (χ4n) is 4.07. The van der Waals surface area contributed by atoms with Crippen LogP contribution in [0.3, 0.4) is 0 Å². The Bertz CT molecular complexity index is 575. The Morgan fingerprint density at radius 1 is 0.917 bits per heavy atom. The van der Waals surface area contributed by atoms with E-state index in [1.54, 1.807) is 0 Å². The molecule has 1 heterocycles. The van der Waals surface area contributed by atoms with Crippen LogP contribution in [0.15, 0.2) is 60.7 Å². The van der Waals surface area contributed by atoms with E-state index in [0.717, 1.165) is 32.1 Å². The summed E-state index contributed by atoms with van der Waals surface area (Å²) in [5.41, 5.74) is 2.02. The van der Waals surface area contributed by atoms with Gasteiger partial charge in [0.15, 0.2) is 0 Å². The quantitative estimate of drug-likeness (QED) is 0.826. The lowest BCUT2D eigenvalue weighted by molar-refractivity contribution is -0.0747. The van der Waals surface area contributed by atoms with Crippen LogP contribution in [0.25, 0.3) is 0 Å². The van der Waals surface area contributed by atoms with E-state index in [9.17, 15) is 5.11 Å². The number of nitrogens with zero attached hydrogens (tertiary/aromatic N) is 1. The lowest BCUT2D eigenvalue weighted by Gasteiger charge is -2.48. The third-order valence-corrected chi connectivity index (χ3v) is 5.49. The first-order chi connectivity index (χ1) is 11.6. The third-order valence-electron chi connectivity index (χ3n) is 5.49. The first kappa shape index (κ1) is 17.2. The van der Waals surface area contributed by atoms with Gasteiger partial charge in [-0.2, -0.15) is 0 Å². The molecule has 0 amide bonds. The molecule has 0 radical (unpaired) electrons. The second-order valence-electron chi connectivity index (χ2n) is 7.25. The third kappa shape index (κ3) is 3.71. The topological polar surface area (TPSA) is 23.5 Å². The fourth-order valence-corrected chi connectivity index (χ4v) is 4.07. The van der Waals surface area contributed by atoms with Crippen LogP contribution in [0, 0.1) is 0 Å². The molecule has 1 aliphatic heterocycles. The van der Waals surface area contributed by atoms with Crippen molar-refractivity contribution < 1.29 is 5.11 Å². The van der Waals surface area contributed by atoms with Crippen LogP contribution >= 0.6 is 0 Å². The van der Waals surface area contributed by atoms with Crippen LogP contribution < -0.4 is 0 Å². The highest BCUT2D eigenvalue weighted by Gasteiger charge is 2.42. The minimum absolute atomic E-state index is 0.256. The Balaban J connectivity index is 1.94. The minimum atomic E-state index is -0.580. The Morgan fingerprint density at radius 3 is 1.79 bits per heavy atom. The van der Waals surface area contributed by atoms with E-state index in [1.807, 2.05) is 0 Å². The number of hydrogen-bond acceptors (Lipinski definition) is 2. The number of piperidine rings is 1. The first-order valence-electron chi connectivity index (χ1n) is 9.17. The van der Waals surface area contributed by atoms with Gasteiger partial charge >= 0.3 is 0 Å². The number of likely N-dealkylation sites (tertiary alicyclic amines) is 1. The SMILES string of the molecule is CCCCC1(O)C[C@@H](c2ccccc2)N(C)[C@H](c2ccccc2)C1. The molecule has 3 rings (SSSR count). The molecule has 1 saturated heterocycles. The minimum Gasteiger partial charge on any atom is -0.390 e. The molecule has 2 nitrogen and oxygen atoms in total. The van der Waals surface area contributed by atoms with Gasteiger partial charge in [-0.05, 0) is 37.4 Å². The molecule has 2 aromatic carbocycles. The molecule has 1 N–H and O–H groups in total. The molecule has 1 fully saturated rings. The van der Waals surface area contributed by atoms with Crippen molar-refractivity contribution in [1.82, 2.24) is 4.90 Å². The van der Waals surface area contributed by atoms with Crippen molar-refractivity contribution in [2.24, 2.45) is 0 Å². The zero-order chi connectivity index (χ0) is 17.0. The van der Waals surface area contributed by atoms with Gasteiger partial charge in [0, 0.05) is 12.1 Å². The zero-order valence-corrected chi connectivity index (χ0v) is 14.9. The summed E-state index contributed by atoms with van der Waals surface area (Å²) < 4.78 is 0. The molecule has 2 aromatic rings. The Morgan fingerprint density at radius 2 is 1.38 bits per heavy atom. The average Bonchev–Trinajstić information content (AvgIpc) is 2.63. The van der Waals surface area contributed by atoms with Gasteiger partial charge < -0.3 is 5.11 Å². The summed E-state index contributed by atoms with van der Waals surface area (Å²) in [6.07, 6.45) is 4.74. The maximum atomic E-state index is 11.4. The average molecular weight is 323 g/mol. The molecular weight excluding hydrogens is 294 g/mol. The molecule has 0 bridgehead atoms. The van der Waals surface area contributed by atoms with Gasteiger partial charge in [0.25, 0.3) is 0 Å². The summed E-state index contributed by atoms with van der Waals surface area (Å²) in [7, 11) is 2.20. The van der Waals surface area contributed by atoms with Crippen LogP contribution in [0.1, 0.15) is 62.2 Å². The lowest BCUT2D eigenvalue weighted by atomic mass is 9.75. The number of rotatable bonds is 5. The molecule has 1 aliphatic rings. The van der Waals surface area contributed by atoms with Gasteiger partial charge in [-0.25, -0.2) is 0 Å². The van der Waals surface area contributed by atoms with Crippen LogP contribution in [0.5, 0.6) is 0 Å². The van der Waals surface area contributed by atoms with Gasteiger partial charge in [-0.1, -0.05) is 80.4 Å². The van der Waals surface area contributed by atoms with E-state index in [4.69, 9.17) is 0 Å². The second kappa shape index (κ2) is 7.50. The normalized spacial score (nSPS) is 28.0. The van der Waals surface area contributed by atoms with Gasteiger partial charge in [0.2, 0.25) is 0 Å². The van der Waals surface area contributed by atoms with Gasteiger partial charge in [0.1, 0.15) is 0 Å². The van der Waals surface area contributed by atoms with E-state index < -0.39 is 5.60 Å². The molecule has 0 unspecified atom stereocenters. The van der Waals surface area contributed by atoms with Crippen molar-refractivity contribution in [3.8, 4) is 0 Å². The monoisotopic (exact) mass is 323 g/mol. The molecule has 0 spiro atoms. The number of unbranched alkanes of at least 4 members (excludes halogenated alkanes) is 1. The fraction of sp³-hybridized carbons (Fsp3) is 0.455. The number of aliphatic hydroxyl groups is 1. The van der Waals surface area contributed by atoms with Crippen LogP contribution in [0.2, 0.25) is 0 Å². The molecular formula is C22H29NO. The molecule has 0 saturated carbocycles. The van der Waals surface area contributed by atoms with Gasteiger partial charge in [0.05, 0.1) is 5.60 Å². The number of hydrogen-bond donors (Lipinski definition) is 1. The molecule has 0 aromatic heterocycles. The Labute approximate surface area is 146 Å². The molecule has 128 valence electrons. The first-order valence-corrected chi connectivity index (χ1v) is 9.17. The van der Waals surface area contributed by atoms with E-state index in [0.29, 0.717) is 0 Å². The van der Waals surface area contributed by atoms with E-state index in [1.165, 1.54) is 11.1 Å². The summed E-state index contributed by atoms with van der Waals surface area (Å²) in [5, 5.41) is 11.4. The maximum absolute atomic E-state index is 11.4. The second-order valence-corrected chi connectivity index (χ2v) is 7.25. The summed E-state index contributed by atoms with van der Waals surface area (Å²) >= 11 is 0. The predicted octanol–water partition coefficient (Wildman–Crippen LogP) is 5.12. The molecule has 2 heteroatoms. The molecule has 2 atom stereocenters. The summed E-state index contributed by atoms with van der Waals surface area (Å²) in [5.74, 6) is 0. The Kier molecular flexibility index (Phi) is 5.37. The van der Waals surface area contributed by atoms with Crippen molar-refractivity contribution in [2.75, 3.05) is 7.05 Å². The highest BCUT2D eigenvalue weighted by Crippen LogP contribution is 2.46. The van der Waals surface area contributed by atoms with Gasteiger partial charge in [-0.15, -0.1) is 0 Å². The molecule has 0 aliphatic carbocycles. The van der Waals surface area contributed by atoms with E-state index in [-0.39, 0.29) is 12.1 Å². The van der Waals surface area contributed by atoms with Crippen LogP contribution in [0.4, 0.5) is 0 Å². The van der Waals surface area contributed by atoms with Crippen LogP contribution in [-0.2, 0) is 0 Å². The molecule has 24 heavy (non-hydrogen) atoms. The standard InChI is InChI=1S/C22H29NO/c1-3-4-15-22(24)16-20(18-11-7-5-8-12-18)23(2)21(17-22)19-13-9-6-10-14-19/h5-14,20-21,24H,3-4,15-17H2,1-2H3/t20-,21-/m0/s1. The highest BCUT2D eigenvalue weighted by atomic mass is 16.3. The smallest absolute Gasteiger partial charge is 0.0684 e. The zero-order valence-electron chi connectivity index (χ0n) is 14.9. The summed E-state index contributed by atoms with van der Waals surface area (Å²) in [6, 6.07) is 21.8. The largest absolute Gasteiger partial charge is 0.390 e. The predicted molar refractivity (Wildman–Crippen MR) is 99.8 cm³/mol. The van der Waals surface area contributed by atoms with Gasteiger partial charge in [-0.3, -0.25) is 4.90 Å². The van der Waals surface area contributed by atoms with E-state index in [2.05, 4.69) is 79.5 Å². The van der Waals surface area contributed by atoms with Crippen molar-refractivity contribution in [1.29, 1.82) is 0 Å². The maximum Gasteiger partial charge on any atom is 0.0684 e. The van der Waals surface area contributed by atoms with Crippen molar-refractivity contribution in [3.05, 3.63) is 71.8 Å². The number of benzene rings is 2. The summed E-state index contributed by atoms with van der Waals surface area (Å²) in [6.45, 7) is 2.20. The summed E-state index contributed by atoms with van der Waals surface area (Å²) in [4.78, 5) is 2.45. The van der Waals surface area contributed by atoms with Crippen LogP contribution in [-0.4, -0.2) is 22.7 Å².